The van der Waals surface area contributed by atoms with Gasteiger partial charge < -0.3 is 15.3 Å². The number of carbonyl (C=O) groups excluding carboxylic acids is 1. The predicted octanol–water partition coefficient (Wildman–Crippen LogP) is 1.74. The lowest BCUT2D eigenvalue weighted by Gasteiger charge is -2.30. The van der Waals surface area contributed by atoms with Gasteiger partial charge in [0.1, 0.15) is 5.75 Å². The van der Waals surface area contributed by atoms with E-state index in [1.54, 1.807) is 24.1 Å². The van der Waals surface area contributed by atoms with Crippen LogP contribution in [-0.2, 0) is 11.3 Å². The van der Waals surface area contributed by atoms with Crippen LogP contribution in [0.3, 0.4) is 0 Å². The van der Waals surface area contributed by atoms with Crippen LogP contribution in [0.1, 0.15) is 26.3 Å². The van der Waals surface area contributed by atoms with E-state index in [2.05, 4.69) is 5.32 Å². The lowest BCUT2D eigenvalue weighted by molar-refractivity contribution is -0.136. The Morgan fingerprint density at radius 3 is 2.56 bits per heavy atom. The van der Waals surface area contributed by atoms with Crippen LogP contribution in [0.2, 0.25) is 0 Å². The molecule has 0 spiro atoms. The number of benzene rings is 1. The molecule has 1 amide bonds. The van der Waals surface area contributed by atoms with Crippen molar-refractivity contribution in [3.63, 3.8) is 0 Å². The molecule has 1 aromatic carbocycles. The van der Waals surface area contributed by atoms with Gasteiger partial charge in [0, 0.05) is 19.2 Å². The molecule has 0 unspecified atom stereocenters. The lowest BCUT2D eigenvalue weighted by Crippen LogP contribution is -2.52. The fraction of sp³-hybridized carbons (Fsp3) is 0.500. The van der Waals surface area contributed by atoms with Crippen molar-refractivity contribution in [1.29, 1.82) is 0 Å². The van der Waals surface area contributed by atoms with Crippen LogP contribution < -0.4 is 5.32 Å². The highest BCUT2D eigenvalue weighted by molar-refractivity contribution is 5.85. The van der Waals surface area contributed by atoms with Gasteiger partial charge in [0.05, 0.1) is 5.54 Å². The molecule has 1 rings (SSSR count). The normalized spacial score (nSPS) is 11.3. The largest absolute Gasteiger partial charge is 0.508 e. The van der Waals surface area contributed by atoms with Gasteiger partial charge in [0.25, 0.3) is 0 Å². The first-order chi connectivity index (χ1) is 8.38. The molecule has 0 fully saturated rings. The van der Waals surface area contributed by atoms with Gasteiger partial charge in [-0.3, -0.25) is 4.79 Å². The maximum Gasteiger partial charge on any atom is 0.242 e. The molecule has 4 nitrogen and oxygen atoms in total. The van der Waals surface area contributed by atoms with Crippen molar-refractivity contribution in [3.05, 3.63) is 29.8 Å². The first-order valence-electron chi connectivity index (χ1n) is 6.16. The zero-order valence-corrected chi connectivity index (χ0v) is 11.5. The molecule has 0 saturated heterocycles. The van der Waals surface area contributed by atoms with Crippen molar-refractivity contribution in [2.75, 3.05) is 13.6 Å². The van der Waals surface area contributed by atoms with E-state index >= 15 is 0 Å². The fourth-order valence-corrected chi connectivity index (χ4v) is 1.97. The number of amides is 1. The first kappa shape index (κ1) is 14.5. The lowest BCUT2D eigenvalue weighted by atomic mass is 10.0. The van der Waals surface area contributed by atoms with Gasteiger partial charge in [-0.15, -0.1) is 0 Å². The molecule has 0 radical (unpaired) electrons. The molecule has 0 aliphatic rings. The molecule has 2 N–H and O–H groups in total. The van der Waals surface area contributed by atoms with E-state index in [1.165, 1.54) is 0 Å². The Kier molecular flexibility index (Phi) is 4.73. The van der Waals surface area contributed by atoms with Gasteiger partial charge in [-0.25, -0.2) is 0 Å². The van der Waals surface area contributed by atoms with Crippen LogP contribution in [0, 0.1) is 0 Å². The minimum absolute atomic E-state index is 0.00704. The molecule has 18 heavy (non-hydrogen) atoms. The summed E-state index contributed by atoms with van der Waals surface area (Å²) in [5.41, 5.74) is 0.161. The summed E-state index contributed by atoms with van der Waals surface area (Å²) in [7, 11) is 1.74. The van der Waals surface area contributed by atoms with Gasteiger partial charge in [-0.2, -0.15) is 0 Å². The number of nitrogens with zero attached hydrogens (tertiary/aromatic N) is 1. The Balaban J connectivity index is 2.74. The van der Waals surface area contributed by atoms with Crippen molar-refractivity contribution in [2.45, 2.75) is 32.9 Å². The van der Waals surface area contributed by atoms with Crippen LogP contribution in [0.25, 0.3) is 0 Å². The van der Waals surface area contributed by atoms with E-state index in [-0.39, 0.29) is 11.7 Å². The molecule has 0 aliphatic carbocycles. The fourth-order valence-electron chi connectivity index (χ4n) is 1.97. The molecule has 4 heteroatoms. The summed E-state index contributed by atoms with van der Waals surface area (Å²) in [6.07, 6.45) is 0. The topological polar surface area (TPSA) is 52.6 Å². The average Bonchev–Trinajstić information content (AvgIpc) is 2.31. The second-order valence-electron chi connectivity index (χ2n) is 4.95. The van der Waals surface area contributed by atoms with Crippen LogP contribution in [0.4, 0.5) is 0 Å². The zero-order valence-electron chi connectivity index (χ0n) is 11.5. The second kappa shape index (κ2) is 5.87. The zero-order chi connectivity index (χ0) is 13.8. The number of nitrogens with one attached hydrogen (secondary N) is 1. The number of likely N-dealkylation sites (N-methyl/N-ethyl adjacent to an activating group) is 2. The molecule has 0 heterocycles. The second-order valence-corrected chi connectivity index (χ2v) is 4.95. The maximum atomic E-state index is 12.3. The molecule has 0 aliphatic heterocycles. The van der Waals surface area contributed by atoms with E-state index in [9.17, 15) is 9.90 Å². The molecule has 0 bridgehead atoms. The van der Waals surface area contributed by atoms with Crippen LogP contribution >= 0.6 is 0 Å². The summed E-state index contributed by atoms with van der Waals surface area (Å²) in [6, 6.07) is 7.06. The Morgan fingerprint density at radius 2 is 2.00 bits per heavy atom. The van der Waals surface area contributed by atoms with Crippen molar-refractivity contribution >= 4 is 5.91 Å². The Morgan fingerprint density at radius 1 is 1.39 bits per heavy atom. The van der Waals surface area contributed by atoms with E-state index in [1.807, 2.05) is 32.9 Å². The minimum Gasteiger partial charge on any atom is -0.508 e. The summed E-state index contributed by atoms with van der Waals surface area (Å²) in [6.45, 7) is 6.84. The molecule has 0 aromatic heterocycles. The number of rotatable bonds is 5. The number of hydrogen-bond donors (Lipinski definition) is 2. The van der Waals surface area contributed by atoms with E-state index in [0.29, 0.717) is 6.54 Å². The number of phenols is 1. The number of hydrogen-bond acceptors (Lipinski definition) is 3. The highest BCUT2D eigenvalue weighted by atomic mass is 16.3. The predicted molar refractivity (Wildman–Crippen MR) is 72.3 cm³/mol. The highest BCUT2D eigenvalue weighted by Gasteiger charge is 2.29. The van der Waals surface area contributed by atoms with Gasteiger partial charge >= 0.3 is 0 Å². The SMILES string of the molecule is CCNC(C)(C)C(=O)N(C)Cc1ccccc1O. The summed E-state index contributed by atoms with van der Waals surface area (Å²) >= 11 is 0. The standard InChI is InChI=1S/C14H22N2O2/c1-5-15-14(2,3)13(18)16(4)10-11-8-6-7-9-12(11)17/h6-9,15,17H,5,10H2,1-4H3. The van der Waals surface area contributed by atoms with Crippen LogP contribution in [-0.4, -0.2) is 35.0 Å². The van der Waals surface area contributed by atoms with Crippen molar-refractivity contribution in [2.24, 2.45) is 0 Å². The smallest absolute Gasteiger partial charge is 0.242 e. The van der Waals surface area contributed by atoms with E-state index in [4.69, 9.17) is 0 Å². The number of para-hydroxylation sites is 1. The maximum absolute atomic E-state index is 12.3. The molecule has 100 valence electrons. The van der Waals surface area contributed by atoms with Crippen molar-refractivity contribution in [3.8, 4) is 5.75 Å². The molecule has 0 saturated carbocycles. The third-order valence-corrected chi connectivity index (χ3v) is 2.90. The first-order valence-corrected chi connectivity index (χ1v) is 6.16. The number of aromatic hydroxyl groups is 1. The summed E-state index contributed by atoms with van der Waals surface area (Å²) in [5.74, 6) is 0.228. The average molecular weight is 250 g/mol. The van der Waals surface area contributed by atoms with Crippen LogP contribution in [0.5, 0.6) is 5.75 Å². The van der Waals surface area contributed by atoms with Gasteiger partial charge in [0.15, 0.2) is 0 Å². The third-order valence-electron chi connectivity index (χ3n) is 2.90. The third kappa shape index (κ3) is 3.47. The van der Waals surface area contributed by atoms with Crippen molar-refractivity contribution < 1.29 is 9.90 Å². The quantitative estimate of drug-likeness (QED) is 0.837. The number of phenolic OH excluding ortho intramolecular Hbond substituents is 1. The summed E-state index contributed by atoms with van der Waals surface area (Å²) in [5, 5.41) is 12.8. The summed E-state index contributed by atoms with van der Waals surface area (Å²) < 4.78 is 0. The van der Waals surface area contributed by atoms with Crippen molar-refractivity contribution in [1.82, 2.24) is 10.2 Å². The minimum atomic E-state index is -0.589. The number of carbonyl (C=O) groups is 1. The van der Waals surface area contributed by atoms with Crippen LogP contribution in [0.15, 0.2) is 24.3 Å². The van der Waals surface area contributed by atoms with Gasteiger partial charge in [-0.1, -0.05) is 25.1 Å². The molecular formula is C14H22N2O2. The molecule has 1 aromatic rings. The molecule has 0 atom stereocenters. The molecular weight excluding hydrogens is 228 g/mol. The monoisotopic (exact) mass is 250 g/mol. The van der Waals surface area contributed by atoms with Gasteiger partial charge in [-0.05, 0) is 26.5 Å². The van der Waals surface area contributed by atoms with E-state index < -0.39 is 5.54 Å². The van der Waals surface area contributed by atoms with Gasteiger partial charge in [0.2, 0.25) is 5.91 Å². The highest BCUT2D eigenvalue weighted by Crippen LogP contribution is 2.18. The Hall–Kier alpha value is -1.55. The Labute approximate surface area is 109 Å². The Bertz CT molecular complexity index is 416. The summed E-state index contributed by atoms with van der Waals surface area (Å²) in [4.78, 5) is 13.9. The van der Waals surface area contributed by atoms with E-state index in [0.717, 1.165) is 12.1 Å².